The van der Waals surface area contributed by atoms with Crippen molar-refractivity contribution in [3.63, 3.8) is 0 Å². The molecule has 4 nitrogen and oxygen atoms in total. The summed E-state index contributed by atoms with van der Waals surface area (Å²) < 4.78 is 19.4. The van der Waals surface area contributed by atoms with Crippen LogP contribution >= 0.6 is 21.0 Å². The zero-order valence-corrected chi connectivity index (χ0v) is 16.5. The standard InChI is InChI=1S/C16H19B2FN3OPS/c1-4-25-12-7-10(17)8-20-14(12)11-5-6-13(22-21-11)23-9-15(2,3)16(18,19)24/h5-8H,4,9,24H2,1-3H3. The van der Waals surface area contributed by atoms with Gasteiger partial charge in [0.2, 0.25) is 5.88 Å². The van der Waals surface area contributed by atoms with Crippen LogP contribution in [-0.4, -0.2) is 48.5 Å². The van der Waals surface area contributed by atoms with Crippen LogP contribution < -0.4 is 10.2 Å². The summed E-state index contributed by atoms with van der Waals surface area (Å²) in [6.07, 6.45) is 1.59. The zero-order chi connectivity index (χ0) is 18.7. The summed E-state index contributed by atoms with van der Waals surface area (Å²) >= 11 is 1.63. The van der Waals surface area contributed by atoms with Gasteiger partial charge in [-0.2, -0.15) is 0 Å². The largest absolute Gasteiger partial charge is 0.476 e. The second kappa shape index (κ2) is 8.05. The van der Waals surface area contributed by atoms with Gasteiger partial charge < -0.3 is 4.74 Å². The van der Waals surface area contributed by atoms with Crippen LogP contribution in [0.5, 0.6) is 5.88 Å². The Kier molecular flexibility index (Phi) is 6.50. The van der Waals surface area contributed by atoms with Gasteiger partial charge >= 0.3 is 0 Å². The van der Waals surface area contributed by atoms with Crippen molar-refractivity contribution in [3.05, 3.63) is 24.4 Å². The summed E-state index contributed by atoms with van der Waals surface area (Å²) in [5, 5.41) is 6.26. The zero-order valence-electron chi connectivity index (χ0n) is 14.5. The van der Waals surface area contributed by atoms with Crippen LogP contribution in [0.1, 0.15) is 20.8 Å². The highest BCUT2D eigenvalue weighted by Gasteiger charge is 2.37. The van der Waals surface area contributed by atoms with Gasteiger partial charge in [-0.05, 0) is 11.8 Å². The maximum atomic E-state index is 13.9. The Labute approximate surface area is 157 Å². The number of halogens is 1. The summed E-state index contributed by atoms with van der Waals surface area (Å²) in [4.78, 5) is 5.30. The van der Waals surface area contributed by atoms with E-state index in [-0.39, 0.29) is 6.61 Å². The van der Waals surface area contributed by atoms with Gasteiger partial charge in [-0.1, -0.05) is 32.3 Å². The van der Waals surface area contributed by atoms with E-state index in [1.54, 1.807) is 43.9 Å². The topological polar surface area (TPSA) is 47.9 Å². The Balaban J connectivity index is 2.16. The third-order valence-corrected chi connectivity index (χ3v) is 5.37. The predicted molar refractivity (Wildman–Crippen MR) is 106 cm³/mol. The first-order valence-corrected chi connectivity index (χ1v) is 9.32. The number of nitrogens with zero attached hydrogens (tertiary/aromatic N) is 3. The lowest BCUT2D eigenvalue weighted by Gasteiger charge is -2.34. The number of hydrogen-bond acceptors (Lipinski definition) is 5. The molecule has 0 spiro atoms. The van der Waals surface area contributed by atoms with E-state index in [4.69, 9.17) is 20.4 Å². The molecule has 2 unspecified atom stereocenters. The fourth-order valence-corrected chi connectivity index (χ4v) is 2.71. The third-order valence-electron chi connectivity index (χ3n) is 3.67. The van der Waals surface area contributed by atoms with Crippen molar-refractivity contribution < 1.29 is 9.13 Å². The second-order valence-corrected chi connectivity index (χ2v) is 8.39. The van der Waals surface area contributed by atoms with Gasteiger partial charge in [-0.15, -0.1) is 31.2 Å². The minimum atomic E-state index is -1.94. The van der Waals surface area contributed by atoms with E-state index < -0.39 is 10.7 Å². The van der Waals surface area contributed by atoms with E-state index in [0.717, 1.165) is 16.3 Å². The van der Waals surface area contributed by atoms with Crippen LogP contribution in [0, 0.1) is 5.41 Å². The lowest BCUT2D eigenvalue weighted by atomic mass is 9.76. The van der Waals surface area contributed by atoms with E-state index in [1.165, 1.54) is 0 Å². The molecule has 0 saturated heterocycles. The van der Waals surface area contributed by atoms with Crippen molar-refractivity contribution in [2.45, 2.75) is 31.0 Å². The van der Waals surface area contributed by atoms with Crippen LogP contribution in [0.15, 0.2) is 29.3 Å². The lowest BCUT2D eigenvalue weighted by Crippen LogP contribution is -2.40. The van der Waals surface area contributed by atoms with E-state index in [9.17, 15) is 4.39 Å². The van der Waals surface area contributed by atoms with Gasteiger partial charge in [0.1, 0.15) is 27.1 Å². The first-order valence-electron chi connectivity index (χ1n) is 7.76. The van der Waals surface area contributed by atoms with Crippen LogP contribution in [0.3, 0.4) is 0 Å². The summed E-state index contributed by atoms with van der Waals surface area (Å²) in [6.45, 7) is 5.47. The molecule has 128 valence electrons. The Morgan fingerprint density at radius 2 is 2.04 bits per heavy atom. The normalized spacial score (nSPS) is 14.1. The monoisotopic (exact) mass is 373 g/mol. The highest BCUT2D eigenvalue weighted by molar-refractivity contribution is 7.99. The van der Waals surface area contributed by atoms with Gasteiger partial charge in [-0.3, -0.25) is 9.37 Å². The molecule has 0 aliphatic rings. The lowest BCUT2D eigenvalue weighted by molar-refractivity contribution is 0.100. The van der Waals surface area contributed by atoms with Crippen LogP contribution in [0.2, 0.25) is 0 Å². The molecule has 2 rings (SSSR count). The number of pyridine rings is 1. The molecule has 4 radical (unpaired) electrons. The fraction of sp³-hybridized carbons (Fsp3) is 0.438. The van der Waals surface area contributed by atoms with Crippen LogP contribution in [0.4, 0.5) is 4.39 Å². The Bertz CT molecular complexity index is 726. The SMILES string of the molecule is [B]c1cnc(-c2ccc(OCC(C)(C)C([B])(F)P)nn2)c(SCC)c1. The predicted octanol–water partition coefficient (Wildman–Crippen LogP) is 2.52. The molecule has 9 heteroatoms. The van der Waals surface area contributed by atoms with E-state index >= 15 is 0 Å². The minimum absolute atomic E-state index is 0.0641. The number of rotatable bonds is 7. The molecule has 0 saturated carbocycles. The highest BCUT2D eigenvalue weighted by Crippen LogP contribution is 2.37. The highest BCUT2D eigenvalue weighted by atomic mass is 32.2. The molecule has 0 amide bonds. The number of alkyl halides is 1. The van der Waals surface area contributed by atoms with E-state index in [1.807, 2.05) is 15.3 Å². The molecule has 0 fully saturated rings. The van der Waals surface area contributed by atoms with Crippen molar-refractivity contribution in [2.75, 3.05) is 12.4 Å². The molecule has 0 aliphatic heterocycles. The molecule has 2 aromatic rings. The smallest absolute Gasteiger partial charge is 0.233 e. The molecular formula is C16H19B2FN3OPS. The average Bonchev–Trinajstić information content (AvgIpc) is 2.53. The van der Waals surface area contributed by atoms with Gasteiger partial charge in [0.05, 0.1) is 11.9 Å². The molecule has 0 aliphatic carbocycles. The molecule has 25 heavy (non-hydrogen) atoms. The van der Waals surface area contributed by atoms with E-state index in [2.05, 4.69) is 22.1 Å². The van der Waals surface area contributed by atoms with E-state index in [0.29, 0.717) is 17.0 Å². The van der Waals surface area contributed by atoms with Crippen LogP contribution in [-0.2, 0) is 0 Å². The van der Waals surface area contributed by atoms with Crippen molar-refractivity contribution in [1.29, 1.82) is 0 Å². The quantitative estimate of drug-likeness (QED) is 0.424. The molecule has 2 aromatic heterocycles. The van der Waals surface area contributed by atoms with Gasteiger partial charge in [0, 0.05) is 22.6 Å². The van der Waals surface area contributed by atoms with Gasteiger partial charge in [-0.25, -0.2) is 0 Å². The molecule has 0 bridgehead atoms. The second-order valence-electron chi connectivity index (χ2n) is 6.25. The maximum Gasteiger partial charge on any atom is 0.233 e. The van der Waals surface area contributed by atoms with Crippen molar-refractivity contribution >= 4 is 42.2 Å². The molecule has 0 aromatic carbocycles. The van der Waals surface area contributed by atoms with Gasteiger partial charge in [0.15, 0.2) is 0 Å². The summed E-state index contributed by atoms with van der Waals surface area (Å²) in [7, 11) is 13.3. The first-order chi connectivity index (χ1) is 11.6. The third kappa shape index (κ3) is 5.18. The fourth-order valence-electron chi connectivity index (χ4n) is 1.81. The molecule has 2 heterocycles. The molecular weight excluding hydrogens is 354 g/mol. The average molecular weight is 373 g/mol. The van der Waals surface area contributed by atoms with Crippen molar-refractivity contribution in [3.8, 4) is 17.3 Å². The maximum absolute atomic E-state index is 13.9. The van der Waals surface area contributed by atoms with Crippen LogP contribution in [0.25, 0.3) is 11.4 Å². The Hall–Kier alpha value is -1.13. The number of ether oxygens (including phenoxy) is 1. The molecule has 2 atom stereocenters. The van der Waals surface area contributed by atoms with Crippen molar-refractivity contribution in [1.82, 2.24) is 15.2 Å². The summed E-state index contributed by atoms with van der Waals surface area (Å²) in [5.74, 6) is 1.19. The number of hydrogen-bond donors (Lipinski definition) is 0. The van der Waals surface area contributed by atoms with Crippen molar-refractivity contribution in [2.24, 2.45) is 5.41 Å². The first kappa shape index (κ1) is 20.2. The molecule has 0 N–H and O–H groups in total. The number of thioether (sulfide) groups is 1. The van der Waals surface area contributed by atoms with Gasteiger partial charge in [0.25, 0.3) is 0 Å². The Morgan fingerprint density at radius 1 is 1.32 bits per heavy atom. The Morgan fingerprint density at radius 3 is 2.60 bits per heavy atom. The summed E-state index contributed by atoms with van der Waals surface area (Å²) in [5.41, 5.74) is 1.03. The summed E-state index contributed by atoms with van der Waals surface area (Å²) in [6, 6.07) is 5.31. The minimum Gasteiger partial charge on any atom is -0.476 e. The number of aromatic nitrogens is 3.